The Morgan fingerprint density at radius 2 is 1.76 bits per heavy atom. The van der Waals surface area contributed by atoms with Crippen molar-refractivity contribution in [3.8, 4) is 17.1 Å². The molecule has 1 saturated heterocycles. The molecule has 5 heterocycles. The number of thiazole rings is 1. The smallest absolute Gasteiger partial charge is 0.416 e. The van der Waals surface area contributed by atoms with Crippen LogP contribution in [0.2, 0.25) is 5.02 Å². The fourth-order valence-corrected chi connectivity index (χ4v) is 7.92. The molecule has 1 N–H and O–H groups in total. The van der Waals surface area contributed by atoms with E-state index in [0.29, 0.717) is 17.0 Å². The molecular weight excluding hydrogens is 809 g/mol. The molecule has 59 heavy (non-hydrogen) atoms. The number of hydrogen-bond donors (Lipinski definition) is 1. The van der Waals surface area contributed by atoms with Crippen molar-refractivity contribution in [3.05, 3.63) is 122 Å². The first kappa shape index (κ1) is 39.4. The van der Waals surface area contributed by atoms with E-state index in [9.17, 15) is 27.6 Å². The van der Waals surface area contributed by atoms with Crippen LogP contribution in [0.15, 0.2) is 83.4 Å². The minimum atomic E-state index is -4.62. The maximum atomic E-state index is 14.5. The standard InChI is InChI=1S/C40H34ClF3N10O4S/c1-3-30-34(51-13-15-52(16-14-51)37(56)33-35(23(2)45-21-46-33)58-20-24-7-5-4-6-8-24)38(57)54-39(49-36(50-54)25-9-11-29-31(17-25)59-22-47-29)53(30)19-32(55)48-28-12-10-26(18-27(28)41)40(42,43)44/h4-12,17-18,21-22H,3,13-16,19-20H2,1-2H3,(H,48,55). The van der Waals surface area contributed by atoms with Crippen molar-refractivity contribution in [2.75, 3.05) is 36.4 Å². The molecule has 1 aliphatic rings. The molecule has 4 aromatic heterocycles. The third-order valence-corrected chi connectivity index (χ3v) is 11.0. The van der Waals surface area contributed by atoms with E-state index in [4.69, 9.17) is 21.3 Å². The van der Waals surface area contributed by atoms with Gasteiger partial charge in [0.2, 0.25) is 11.7 Å². The lowest BCUT2D eigenvalue weighted by Gasteiger charge is -2.36. The van der Waals surface area contributed by atoms with Crippen LogP contribution in [0.25, 0.3) is 27.4 Å². The first-order valence-corrected chi connectivity index (χ1v) is 19.7. The quantitative estimate of drug-likeness (QED) is 0.158. The number of hydrogen-bond acceptors (Lipinski definition) is 11. The van der Waals surface area contributed by atoms with Gasteiger partial charge in [-0.2, -0.15) is 22.7 Å². The van der Waals surface area contributed by atoms with Crippen molar-refractivity contribution in [2.24, 2.45) is 0 Å². The van der Waals surface area contributed by atoms with Gasteiger partial charge < -0.3 is 24.4 Å². The molecule has 1 aliphatic heterocycles. The van der Waals surface area contributed by atoms with E-state index >= 15 is 0 Å². The summed E-state index contributed by atoms with van der Waals surface area (Å²) in [5.74, 6) is -0.372. The van der Waals surface area contributed by atoms with E-state index in [1.165, 1.54) is 17.7 Å². The van der Waals surface area contributed by atoms with Gasteiger partial charge >= 0.3 is 6.18 Å². The summed E-state index contributed by atoms with van der Waals surface area (Å²) in [5.41, 5.74) is 3.98. The predicted molar refractivity (Wildman–Crippen MR) is 216 cm³/mol. The van der Waals surface area contributed by atoms with Gasteiger partial charge in [-0.3, -0.25) is 14.4 Å². The zero-order valence-corrected chi connectivity index (χ0v) is 33.1. The summed E-state index contributed by atoms with van der Waals surface area (Å²) < 4.78 is 49.6. The van der Waals surface area contributed by atoms with Gasteiger partial charge in [0, 0.05) is 31.7 Å². The number of amides is 2. The minimum Gasteiger partial charge on any atom is -0.485 e. The lowest BCUT2D eigenvalue weighted by Crippen LogP contribution is -2.51. The number of alkyl halides is 3. The molecule has 7 aromatic rings. The van der Waals surface area contributed by atoms with Gasteiger partial charge in [0.05, 0.1) is 43.4 Å². The largest absolute Gasteiger partial charge is 0.485 e. The fraction of sp³-hybridized carbons (Fsp3) is 0.250. The Bertz CT molecular complexity index is 2790. The zero-order chi connectivity index (χ0) is 41.4. The highest BCUT2D eigenvalue weighted by atomic mass is 35.5. The van der Waals surface area contributed by atoms with Gasteiger partial charge in [-0.15, -0.1) is 16.4 Å². The van der Waals surface area contributed by atoms with E-state index in [1.807, 2.05) is 54.3 Å². The number of anilines is 2. The van der Waals surface area contributed by atoms with Crippen LogP contribution >= 0.6 is 22.9 Å². The normalized spacial score (nSPS) is 13.3. The van der Waals surface area contributed by atoms with E-state index in [2.05, 4.69) is 25.4 Å². The molecule has 0 atom stereocenters. The molecule has 19 heteroatoms. The number of aromatic nitrogens is 7. The van der Waals surface area contributed by atoms with Gasteiger partial charge in [-0.1, -0.05) is 48.9 Å². The lowest BCUT2D eigenvalue weighted by molar-refractivity contribution is -0.137. The van der Waals surface area contributed by atoms with E-state index in [1.54, 1.807) is 28.0 Å². The molecule has 3 aromatic carbocycles. The van der Waals surface area contributed by atoms with Crippen LogP contribution in [0.5, 0.6) is 5.75 Å². The number of rotatable bonds is 10. The Morgan fingerprint density at radius 3 is 2.49 bits per heavy atom. The summed E-state index contributed by atoms with van der Waals surface area (Å²) in [6.07, 6.45) is -3.02. The van der Waals surface area contributed by atoms with Crippen LogP contribution in [0.4, 0.5) is 24.5 Å². The van der Waals surface area contributed by atoms with Crippen molar-refractivity contribution in [3.63, 3.8) is 0 Å². The number of aryl methyl sites for hydroxylation is 1. The maximum absolute atomic E-state index is 14.5. The van der Waals surface area contributed by atoms with Crippen LogP contribution in [-0.2, 0) is 30.5 Å². The third kappa shape index (κ3) is 7.92. The monoisotopic (exact) mass is 842 g/mol. The van der Waals surface area contributed by atoms with Crippen molar-refractivity contribution >= 4 is 62.1 Å². The van der Waals surface area contributed by atoms with Gasteiger partial charge in [-0.25, -0.2) is 15.0 Å². The third-order valence-electron chi connectivity index (χ3n) is 9.92. The second kappa shape index (κ2) is 16.1. The average molecular weight is 843 g/mol. The lowest BCUT2D eigenvalue weighted by atomic mass is 10.2. The van der Waals surface area contributed by atoms with E-state index in [-0.39, 0.29) is 91.1 Å². The summed E-state index contributed by atoms with van der Waals surface area (Å²) in [6.45, 7) is 4.36. The molecule has 0 saturated carbocycles. The van der Waals surface area contributed by atoms with Gasteiger partial charge in [0.15, 0.2) is 17.3 Å². The topological polar surface area (TPSA) is 153 Å². The molecule has 0 radical (unpaired) electrons. The van der Waals surface area contributed by atoms with Crippen molar-refractivity contribution in [2.45, 2.75) is 39.6 Å². The molecule has 0 aliphatic carbocycles. The van der Waals surface area contributed by atoms with Crippen molar-refractivity contribution in [1.29, 1.82) is 0 Å². The summed E-state index contributed by atoms with van der Waals surface area (Å²) >= 11 is 7.61. The summed E-state index contributed by atoms with van der Waals surface area (Å²) in [5, 5.41) is 6.93. The number of fused-ring (bicyclic) bond motifs is 2. The van der Waals surface area contributed by atoms with Crippen molar-refractivity contribution in [1.82, 2.24) is 39.0 Å². The number of nitrogens with one attached hydrogen (secondary N) is 1. The number of halogens is 4. The van der Waals surface area contributed by atoms with Crippen LogP contribution in [0.3, 0.4) is 0 Å². The van der Waals surface area contributed by atoms with Crippen molar-refractivity contribution < 1.29 is 27.5 Å². The molecule has 1 fully saturated rings. The molecule has 8 rings (SSSR count). The number of ether oxygens (including phenoxy) is 1. The first-order chi connectivity index (χ1) is 28.4. The second-order valence-corrected chi connectivity index (χ2v) is 14.9. The summed E-state index contributed by atoms with van der Waals surface area (Å²) in [6, 6.07) is 17.7. The molecule has 0 spiro atoms. The Labute approximate surface area is 342 Å². The predicted octanol–water partition coefficient (Wildman–Crippen LogP) is 6.68. The second-order valence-electron chi connectivity index (χ2n) is 13.7. The molecular formula is C40H34ClF3N10O4S. The zero-order valence-electron chi connectivity index (χ0n) is 31.5. The average Bonchev–Trinajstić information content (AvgIpc) is 3.90. The summed E-state index contributed by atoms with van der Waals surface area (Å²) in [7, 11) is 0. The number of nitrogens with zero attached hydrogens (tertiary/aromatic N) is 9. The van der Waals surface area contributed by atoms with Crippen LogP contribution in [0.1, 0.15) is 39.9 Å². The first-order valence-electron chi connectivity index (χ1n) is 18.4. The number of carbonyl (C=O) groups is 2. The van der Waals surface area contributed by atoms with Crippen LogP contribution in [-0.4, -0.2) is 77.0 Å². The highest BCUT2D eigenvalue weighted by molar-refractivity contribution is 7.16. The maximum Gasteiger partial charge on any atom is 0.416 e. The minimum absolute atomic E-state index is 0.0201. The Kier molecular flexibility index (Phi) is 10.8. The molecule has 302 valence electrons. The Hall–Kier alpha value is -6.40. The molecule has 14 nitrogen and oxygen atoms in total. The fourth-order valence-electron chi connectivity index (χ4n) is 6.97. The van der Waals surface area contributed by atoms with Crippen LogP contribution in [0, 0.1) is 6.92 Å². The molecule has 0 bridgehead atoms. The number of benzene rings is 3. The van der Waals surface area contributed by atoms with Gasteiger partial charge in [0.25, 0.3) is 11.5 Å². The Balaban J connectivity index is 1.11. The molecule has 2 amide bonds. The van der Waals surface area contributed by atoms with Gasteiger partial charge in [0.1, 0.15) is 25.2 Å². The number of carbonyl (C=O) groups excluding carboxylic acids is 2. The van der Waals surface area contributed by atoms with Gasteiger partial charge in [-0.05, 0) is 55.3 Å². The Morgan fingerprint density at radius 1 is 0.983 bits per heavy atom. The number of piperazine rings is 1. The highest BCUT2D eigenvalue weighted by Gasteiger charge is 2.33. The van der Waals surface area contributed by atoms with E-state index in [0.717, 1.165) is 38.5 Å². The van der Waals surface area contributed by atoms with E-state index < -0.39 is 23.2 Å². The summed E-state index contributed by atoms with van der Waals surface area (Å²) in [4.78, 5) is 63.2. The highest BCUT2D eigenvalue weighted by Crippen LogP contribution is 2.34. The van der Waals surface area contributed by atoms with Crippen LogP contribution < -0.4 is 20.5 Å². The SMILES string of the molecule is CCc1c(N2CCN(C(=O)c3ncnc(C)c3OCc3ccccc3)CC2)c(=O)n2nc(-c3ccc4ncsc4c3)nc2n1CC(=O)Nc1ccc(C(F)(F)F)cc1Cl. The molecule has 0 unspecified atom stereocenters.